The molecule has 0 spiro atoms. The summed E-state index contributed by atoms with van der Waals surface area (Å²) in [4.78, 5) is 17.4. The van der Waals surface area contributed by atoms with Crippen LogP contribution in [0.5, 0.6) is 17.2 Å². The second-order valence-electron chi connectivity index (χ2n) is 7.32. The number of allylic oxidation sites excluding steroid dienone is 1. The Morgan fingerprint density at radius 2 is 1.83 bits per heavy atom. The van der Waals surface area contributed by atoms with Crippen LogP contribution in [0.25, 0.3) is 6.08 Å². The summed E-state index contributed by atoms with van der Waals surface area (Å²) >= 11 is 0. The van der Waals surface area contributed by atoms with Gasteiger partial charge in [-0.05, 0) is 30.8 Å². The van der Waals surface area contributed by atoms with Gasteiger partial charge in [-0.2, -0.15) is 0 Å². The maximum Gasteiger partial charge on any atom is 0.193 e. The number of aromatic hydroxyl groups is 1. The third kappa shape index (κ3) is 4.98. The number of phenols is 1. The third-order valence-corrected chi connectivity index (χ3v) is 5.27. The highest BCUT2D eigenvalue weighted by Crippen LogP contribution is 2.40. The summed E-state index contributed by atoms with van der Waals surface area (Å²) in [5, 5.41) is 11.0. The van der Waals surface area contributed by atoms with E-state index in [1.807, 2.05) is 0 Å². The molecular formula is C23H27FN2O4. The second kappa shape index (κ2) is 9.73. The highest BCUT2D eigenvalue weighted by atomic mass is 19.1. The van der Waals surface area contributed by atoms with Crippen molar-refractivity contribution in [1.82, 2.24) is 9.80 Å². The number of ketones is 1. The Morgan fingerprint density at radius 1 is 1.13 bits per heavy atom. The lowest BCUT2D eigenvalue weighted by Gasteiger charge is -2.33. The van der Waals surface area contributed by atoms with Crippen molar-refractivity contribution in [1.29, 1.82) is 0 Å². The first-order valence-corrected chi connectivity index (χ1v) is 9.78. The summed E-state index contributed by atoms with van der Waals surface area (Å²) in [5.41, 5.74) is 1.16. The number of likely N-dealkylation sites (N-methyl/N-ethyl adjacent to an activating group) is 1. The zero-order valence-electron chi connectivity index (χ0n) is 17.5. The van der Waals surface area contributed by atoms with Crippen molar-refractivity contribution in [2.24, 2.45) is 0 Å². The van der Waals surface area contributed by atoms with Crippen LogP contribution >= 0.6 is 0 Å². The van der Waals surface area contributed by atoms with Crippen LogP contribution in [0.1, 0.15) is 21.5 Å². The topological polar surface area (TPSA) is 62.2 Å². The molecule has 160 valence electrons. The summed E-state index contributed by atoms with van der Waals surface area (Å²) in [5.74, 6) is -0.284. The van der Waals surface area contributed by atoms with E-state index < -0.39 is 5.78 Å². The van der Waals surface area contributed by atoms with E-state index in [-0.39, 0.29) is 22.9 Å². The molecule has 6 nitrogen and oxygen atoms in total. The van der Waals surface area contributed by atoms with E-state index in [0.717, 1.165) is 26.2 Å². The Hall–Kier alpha value is -2.90. The predicted molar refractivity (Wildman–Crippen MR) is 114 cm³/mol. The van der Waals surface area contributed by atoms with Gasteiger partial charge in [0.2, 0.25) is 0 Å². The molecule has 1 aliphatic rings. The summed E-state index contributed by atoms with van der Waals surface area (Å²) in [6.07, 6.45) is 2.81. The number of ether oxygens (including phenoxy) is 2. The van der Waals surface area contributed by atoms with Gasteiger partial charge in [-0.3, -0.25) is 9.69 Å². The Morgan fingerprint density at radius 3 is 2.47 bits per heavy atom. The number of rotatable bonds is 7. The molecule has 1 heterocycles. The number of nitrogens with zero attached hydrogens (tertiary/aromatic N) is 2. The fourth-order valence-corrected chi connectivity index (χ4v) is 3.49. The predicted octanol–water partition coefficient (Wildman–Crippen LogP) is 3.19. The number of carbonyl (C=O) groups is 1. The van der Waals surface area contributed by atoms with Gasteiger partial charge in [-0.15, -0.1) is 0 Å². The maximum atomic E-state index is 13.4. The zero-order chi connectivity index (χ0) is 21.7. The third-order valence-electron chi connectivity index (χ3n) is 5.27. The second-order valence-corrected chi connectivity index (χ2v) is 7.32. The fraction of sp³-hybridized carbons (Fsp3) is 0.348. The van der Waals surface area contributed by atoms with Crippen LogP contribution in [0, 0.1) is 5.82 Å². The average molecular weight is 414 g/mol. The Kier molecular flexibility index (Phi) is 7.07. The van der Waals surface area contributed by atoms with Crippen LogP contribution < -0.4 is 9.47 Å². The molecule has 2 aromatic rings. The van der Waals surface area contributed by atoms with Crippen molar-refractivity contribution in [3.63, 3.8) is 0 Å². The van der Waals surface area contributed by atoms with Crippen LogP contribution in [-0.2, 0) is 6.54 Å². The van der Waals surface area contributed by atoms with Gasteiger partial charge in [-0.25, -0.2) is 4.39 Å². The first-order chi connectivity index (χ1) is 14.4. The number of halogens is 1. The number of hydrogen-bond donors (Lipinski definition) is 1. The van der Waals surface area contributed by atoms with E-state index in [2.05, 4.69) is 16.8 Å². The van der Waals surface area contributed by atoms with E-state index in [4.69, 9.17) is 9.47 Å². The van der Waals surface area contributed by atoms with Gasteiger partial charge >= 0.3 is 0 Å². The normalized spacial score (nSPS) is 15.5. The number of carbonyl (C=O) groups excluding carboxylic acids is 1. The molecule has 0 aromatic heterocycles. The van der Waals surface area contributed by atoms with Gasteiger partial charge in [0.25, 0.3) is 0 Å². The highest BCUT2D eigenvalue weighted by molar-refractivity contribution is 6.11. The number of benzene rings is 2. The molecule has 1 aliphatic heterocycles. The molecule has 30 heavy (non-hydrogen) atoms. The first-order valence-electron chi connectivity index (χ1n) is 9.78. The summed E-state index contributed by atoms with van der Waals surface area (Å²) in [6, 6.07) is 7.54. The van der Waals surface area contributed by atoms with Gasteiger partial charge in [-0.1, -0.05) is 18.2 Å². The SMILES string of the molecule is COc1cc(OC)c(C(=O)/C=C/c2cccc(F)c2)c(O)c1CN1CCN(C)CC1. The van der Waals surface area contributed by atoms with Gasteiger partial charge in [0.05, 0.1) is 19.8 Å². The van der Waals surface area contributed by atoms with E-state index >= 15 is 0 Å². The number of methoxy groups -OCH3 is 2. The van der Waals surface area contributed by atoms with E-state index in [0.29, 0.717) is 23.4 Å². The number of piperazine rings is 1. The van der Waals surface area contributed by atoms with Crippen molar-refractivity contribution in [2.75, 3.05) is 47.4 Å². The van der Waals surface area contributed by atoms with Gasteiger partial charge in [0.1, 0.15) is 28.6 Å². The summed E-state index contributed by atoms with van der Waals surface area (Å²) in [7, 11) is 5.03. The summed E-state index contributed by atoms with van der Waals surface area (Å²) in [6.45, 7) is 4.03. The molecule has 0 radical (unpaired) electrons. The number of phenolic OH excluding ortho intramolecular Hbond substituents is 1. The Balaban J connectivity index is 1.93. The molecule has 0 atom stereocenters. The molecule has 1 fully saturated rings. The summed E-state index contributed by atoms with van der Waals surface area (Å²) < 4.78 is 24.2. The van der Waals surface area contributed by atoms with Crippen LogP contribution in [0.4, 0.5) is 4.39 Å². The van der Waals surface area contributed by atoms with Crippen molar-refractivity contribution in [2.45, 2.75) is 6.54 Å². The lowest BCUT2D eigenvalue weighted by atomic mass is 10.0. The monoisotopic (exact) mass is 414 g/mol. The molecule has 0 bridgehead atoms. The van der Waals surface area contributed by atoms with Crippen molar-refractivity contribution in [3.05, 3.63) is 58.9 Å². The average Bonchev–Trinajstić information content (AvgIpc) is 2.74. The Labute approximate surface area is 176 Å². The molecule has 1 N–H and O–H groups in total. The minimum atomic E-state index is -0.434. The molecule has 3 rings (SSSR count). The molecule has 1 saturated heterocycles. The van der Waals surface area contributed by atoms with Crippen LogP contribution in [0.15, 0.2) is 36.4 Å². The van der Waals surface area contributed by atoms with Gasteiger partial charge in [0, 0.05) is 38.8 Å². The number of hydrogen-bond acceptors (Lipinski definition) is 6. The van der Waals surface area contributed by atoms with E-state index in [1.54, 1.807) is 18.2 Å². The lowest BCUT2D eigenvalue weighted by molar-refractivity contribution is 0.104. The van der Waals surface area contributed by atoms with Gasteiger partial charge < -0.3 is 19.5 Å². The maximum absolute atomic E-state index is 13.4. The molecule has 0 unspecified atom stereocenters. The van der Waals surface area contributed by atoms with E-state index in [9.17, 15) is 14.3 Å². The minimum Gasteiger partial charge on any atom is -0.507 e. The standard InChI is InChI=1S/C23H27FN2O4/c1-25-9-11-26(12-10-25)15-18-20(29-2)14-21(30-3)22(23(18)28)19(27)8-7-16-5-4-6-17(24)13-16/h4-8,13-14,28H,9-12,15H2,1-3H3/b8-7+. The lowest BCUT2D eigenvalue weighted by Crippen LogP contribution is -2.43. The quantitative estimate of drug-likeness (QED) is 0.555. The molecular weight excluding hydrogens is 387 g/mol. The van der Waals surface area contributed by atoms with Gasteiger partial charge in [0.15, 0.2) is 5.78 Å². The molecule has 0 amide bonds. The van der Waals surface area contributed by atoms with Crippen molar-refractivity contribution < 1.29 is 23.8 Å². The first kappa shape index (κ1) is 21.8. The van der Waals surface area contributed by atoms with Crippen LogP contribution in [0.2, 0.25) is 0 Å². The van der Waals surface area contributed by atoms with Crippen molar-refractivity contribution in [3.8, 4) is 17.2 Å². The molecule has 0 saturated carbocycles. The molecule has 7 heteroatoms. The highest BCUT2D eigenvalue weighted by Gasteiger charge is 2.25. The minimum absolute atomic E-state index is 0.0649. The van der Waals surface area contributed by atoms with E-state index in [1.165, 1.54) is 38.5 Å². The smallest absolute Gasteiger partial charge is 0.193 e. The molecule has 2 aromatic carbocycles. The zero-order valence-corrected chi connectivity index (χ0v) is 17.5. The van der Waals surface area contributed by atoms with Crippen molar-refractivity contribution >= 4 is 11.9 Å². The molecule has 0 aliphatic carbocycles. The van der Waals surface area contributed by atoms with Crippen LogP contribution in [0.3, 0.4) is 0 Å². The Bertz CT molecular complexity index is 937. The fourth-order valence-electron chi connectivity index (χ4n) is 3.49. The largest absolute Gasteiger partial charge is 0.507 e. The van der Waals surface area contributed by atoms with Crippen LogP contribution in [-0.4, -0.2) is 68.1 Å².